The molecule has 0 saturated carbocycles. The Balaban J connectivity index is 0. The van der Waals surface area contributed by atoms with Crippen LogP contribution in [0.3, 0.4) is 0 Å². The first-order chi connectivity index (χ1) is 8.90. The van der Waals surface area contributed by atoms with E-state index in [9.17, 15) is 58.2 Å². The van der Waals surface area contributed by atoms with Gasteiger partial charge in [-0.1, -0.05) is 0 Å². The van der Waals surface area contributed by atoms with E-state index in [2.05, 4.69) is 0 Å². The van der Waals surface area contributed by atoms with Crippen molar-refractivity contribution in [3.05, 3.63) is 0 Å². The fourth-order valence-electron chi connectivity index (χ4n) is 0.981. The van der Waals surface area contributed by atoms with Gasteiger partial charge < -0.3 is 9.90 Å². The molecule has 0 heterocycles. The molecule has 0 aromatic rings. The smallest absolute Gasteiger partial charge is 0.544 e. The van der Waals surface area contributed by atoms with Crippen LogP contribution in [0.1, 0.15) is 12.8 Å². The van der Waals surface area contributed by atoms with Crippen LogP contribution in [0.4, 0.5) is 48.3 Å². The number of hydrogen-bond acceptors (Lipinski definition) is 2. The number of halogens is 11. The SMILES string of the molecule is O=C([O-])C(F)(F)CCC(F)(F)C(F)(F)C(F)(F)C(F)(F)F.[Na+]. The van der Waals surface area contributed by atoms with E-state index in [-0.39, 0.29) is 29.6 Å². The second-order valence-electron chi connectivity index (χ2n) is 3.84. The van der Waals surface area contributed by atoms with Crippen molar-refractivity contribution in [3.63, 3.8) is 0 Å². The zero-order valence-electron chi connectivity index (χ0n) is 10.4. The van der Waals surface area contributed by atoms with E-state index in [1.165, 1.54) is 0 Å². The Morgan fingerprint density at radius 3 is 1.36 bits per heavy atom. The molecular formula is C8H4F11NaO2. The summed E-state index contributed by atoms with van der Waals surface area (Å²) in [6, 6.07) is 0. The minimum atomic E-state index is -7.21. The maximum absolute atomic E-state index is 12.7. The van der Waals surface area contributed by atoms with E-state index in [1.54, 1.807) is 0 Å². The summed E-state index contributed by atoms with van der Waals surface area (Å²) in [6.45, 7) is 0. The second-order valence-corrected chi connectivity index (χ2v) is 3.84. The van der Waals surface area contributed by atoms with Gasteiger partial charge in [-0.05, 0) is 0 Å². The van der Waals surface area contributed by atoms with Gasteiger partial charge in [-0.3, -0.25) is 0 Å². The van der Waals surface area contributed by atoms with Gasteiger partial charge in [0.1, 0.15) is 5.97 Å². The summed E-state index contributed by atoms with van der Waals surface area (Å²) in [5, 5.41) is 9.72. The predicted molar refractivity (Wildman–Crippen MR) is 40.1 cm³/mol. The first-order valence-corrected chi connectivity index (χ1v) is 4.69. The largest absolute Gasteiger partial charge is 1.00 e. The van der Waals surface area contributed by atoms with E-state index in [0.717, 1.165) is 0 Å². The fourth-order valence-corrected chi connectivity index (χ4v) is 0.981. The van der Waals surface area contributed by atoms with Crippen molar-refractivity contribution in [2.75, 3.05) is 0 Å². The van der Waals surface area contributed by atoms with Gasteiger partial charge in [0.15, 0.2) is 0 Å². The third-order valence-corrected chi connectivity index (χ3v) is 2.26. The fraction of sp³-hybridized carbons (Fsp3) is 0.875. The first kappa shape index (κ1) is 24.0. The molecule has 0 aromatic heterocycles. The number of alkyl halides is 11. The average molecular weight is 364 g/mol. The third kappa shape index (κ3) is 4.37. The maximum Gasteiger partial charge on any atom is 1.00 e. The van der Waals surface area contributed by atoms with Crippen LogP contribution in [-0.4, -0.2) is 35.8 Å². The molecule has 0 rings (SSSR count). The minimum Gasteiger partial charge on any atom is -0.544 e. The van der Waals surface area contributed by atoms with E-state index < -0.39 is 48.7 Å². The summed E-state index contributed by atoms with van der Waals surface area (Å²) in [5.74, 6) is -28.9. The van der Waals surface area contributed by atoms with Crippen molar-refractivity contribution >= 4 is 5.97 Å². The average Bonchev–Trinajstić information content (AvgIpc) is 2.24. The molecule has 0 spiro atoms. The summed E-state index contributed by atoms with van der Waals surface area (Å²) >= 11 is 0. The number of aliphatic carboxylic acids is 1. The molecule has 0 unspecified atom stereocenters. The van der Waals surface area contributed by atoms with Crippen molar-refractivity contribution in [3.8, 4) is 0 Å². The van der Waals surface area contributed by atoms with E-state index >= 15 is 0 Å². The summed E-state index contributed by atoms with van der Waals surface area (Å²) in [4.78, 5) is 9.72. The van der Waals surface area contributed by atoms with Gasteiger partial charge in [-0.15, -0.1) is 0 Å². The maximum atomic E-state index is 12.7. The molecule has 14 heteroatoms. The Morgan fingerprint density at radius 1 is 0.727 bits per heavy atom. The molecule has 0 bridgehead atoms. The van der Waals surface area contributed by atoms with E-state index in [1.807, 2.05) is 0 Å². The number of carbonyl (C=O) groups excluding carboxylic acids is 1. The van der Waals surface area contributed by atoms with Crippen LogP contribution < -0.4 is 34.7 Å². The van der Waals surface area contributed by atoms with Crippen LogP contribution in [0.25, 0.3) is 0 Å². The number of carboxylic acid groups (broad SMARTS) is 1. The van der Waals surface area contributed by atoms with Gasteiger partial charge in [-0.25, -0.2) is 0 Å². The molecule has 0 saturated heterocycles. The Kier molecular flexibility index (Phi) is 7.27. The molecule has 0 radical (unpaired) electrons. The number of carbonyl (C=O) groups is 1. The molecule has 126 valence electrons. The molecule has 0 amide bonds. The first-order valence-electron chi connectivity index (χ1n) is 4.69. The molecule has 0 N–H and O–H groups in total. The predicted octanol–water partition coefficient (Wildman–Crippen LogP) is -0.376. The Bertz CT molecular complexity index is 403. The van der Waals surface area contributed by atoms with Crippen LogP contribution in [-0.2, 0) is 4.79 Å². The number of hydrogen-bond donors (Lipinski definition) is 0. The standard InChI is InChI=1S/C8H5F11O2.Na/c9-4(10,3(20)21)1-2-5(11,12)6(13,14)7(15,16)8(17,18)19;/h1-2H2,(H,20,21);/q;+1/p-1. The van der Waals surface area contributed by atoms with Gasteiger partial charge >= 0.3 is 53.5 Å². The summed E-state index contributed by atoms with van der Waals surface area (Å²) in [5.41, 5.74) is 0. The van der Waals surface area contributed by atoms with Crippen molar-refractivity contribution in [1.29, 1.82) is 0 Å². The molecular weight excluding hydrogens is 360 g/mol. The Hall–Kier alpha value is -0.300. The zero-order valence-corrected chi connectivity index (χ0v) is 12.4. The summed E-state index contributed by atoms with van der Waals surface area (Å²) in [6.07, 6.45) is -12.6. The normalized spacial score (nSPS) is 14.5. The Morgan fingerprint density at radius 2 is 1.09 bits per heavy atom. The van der Waals surface area contributed by atoms with Gasteiger partial charge in [0.2, 0.25) is 0 Å². The molecule has 0 fully saturated rings. The Labute approximate surface area is 136 Å². The minimum absolute atomic E-state index is 0. The van der Waals surface area contributed by atoms with Crippen LogP contribution >= 0.6 is 0 Å². The zero-order chi connectivity index (χ0) is 17.5. The monoisotopic (exact) mass is 364 g/mol. The van der Waals surface area contributed by atoms with Gasteiger partial charge in [-0.2, -0.15) is 48.3 Å². The van der Waals surface area contributed by atoms with Gasteiger partial charge in [0.05, 0.1) is 0 Å². The molecule has 0 atom stereocenters. The van der Waals surface area contributed by atoms with Crippen molar-refractivity contribution in [2.24, 2.45) is 0 Å². The molecule has 22 heavy (non-hydrogen) atoms. The summed E-state index contributed by atoms with van der Waals surface area (Å²) < 4.78 is 135. The molecule has 0 aliphatic rings. The second kappa shape index (κ2) is 6.67. The quantitative estimate of drug-likeness (QED) is 0.477. The van der Waals surface area contributed by atoms with Crippen LogP contribution in [0, 0.1) is 0 Å². The topological polar surface area (TPSA) is 40.1 Å². The summed E-state index contributed by atoms with van der Waals surface area (Å²) in [7, 11) is 0. The molecule has 0 aromatic carbocycles. The molecule has 0 aliphatic carbocycles. The van der Waals surface area contributed by atoms with Gasteiger partial charge in [0, 0.05) is 12.8 Å². The van der Waals surface area contributed by atoms with Crippen LogP contribution in [0.5, 0.6) is 0 Å². The van der Waals surface area contributed by atoms with Crippen LogP contribution in [0.2, 0.25) is 0 Å². The molecule has 2 nitrogen and oxygen atoms in total. The van der Waals surface area contributed by atoms with Crippen molar-refractivity contribution < 1.29 is 87.8 Å². The van der Waals surface area contributed by atoms with E-state index in [0.29, 0.717) is 0 Å². The third-order valence-electron chi connectivity index (χ3n) is 2.26. The molecule has 0 aliphatic heterocycles. The van der Waals surface area contributed by atoms with Crippen molar-refractivity contribution in [2.45, 2.75) is 42.7 Å². The van der Waals surface area contributed by atoms with Crippen molar-refractivity contribution in [1.82, 2.24) is 0 Å². The van der Waals surface area contributed by atoms with E-state index in [4.69, 9.17) is 0 Å². The number of rotatable bonds is 6. The van der Waals surface area contributed by atoms with Gasteiger partial charge in [0.25, 0.3) is 5.92 Å². The number of carboxylic acids is 1. The van der Waals surface area contributed by atoms with Crippen LogP contribution in [0.15, 0.2) is 0 Å².